The third-order valence-electron chi connectivity index (χ3n) is 2.21. The van der Waals surface area contributed by atoms with Crippen molar-refractivity contribution >= 4 is 19.8 Å². The van der Waals surface area contributed by atoms with Gasteiger partial charge in [-0.15, -0.1) is 0 Å². The Labute approximate surface area is 65.8 Å². The summed E-state index contributed by atoms with van der Waals surface area (Å²) in [5.41, 5.74) is 0. The molecule has 0 aromatic carbocycles. The van der Waals surface area contributed by atoms with Crippen molar-refractivity contribution in [2.45, 2.75) is 41.0 Å². The maximum absolute atomic E-state index is 2.55. The molecule has 0 aromatic heterocycles. The van der Waals surface area contributed by atoms with Crippen molar-refractivity contribution < 1.29 is 0 Å². The predicted octanol–water partition coefficient (Wildman–Crippen LogP) is 3.08. The molecule has 0 aliphatic heterocycles. The van der Waals surface area contributed by atoms with E-state index >= 15 is 0 Å². The molecule has 1 aliphatic carbocycles. The molecular weight excluding hydrogens is 223 g/mol. The summed E-state index contributed by atoms with van der Waals surface area (Å²) >= 11 is -0.443. The normalized spacial score (nSPS) is 22.0. The maximum atomic E-state index is 2.55. The third-order valence-corrected chi connectivity index (χ3v) is 10.2. The average Bonchev–Trinajstić information content (AvgIpc) is 1.60. The fourth-order valence-electron chi connectivity index (χ4n) is 1.06. The molecule has 1 saturated carbocycles. The van der Waals surface area contributed by atoms with Gasteiger partial charge >= 0.3 is 65.7 Å². The van der Waals surface area contributed by atoms with Crippen LogP contribution >= 0.6 is 19.8 Å². The fraction of sp³-hybridized carbons (Fsp3) is 1.00. The Hall–Kier alpha value is 0.730. The van der Waals surface area contributed by atoms with Crippen LogP contribution in [0, 0.1) is 0 Å². The monoisotopic (exact) mass is 240 g/mol. The molecule has 0 nitrogen and oxygen atoms in total. The van der Waals surface area contributed by atoms with Gasteiger partial charge in [0.15, 0.2) is 0 Å². The molecular formula is C8H17I. The summed E-state index contributed by atoms with van der Waals surface area (Å²) in [4.78, 5) is 2.55. The zero-order chi connectivity index (χ0) is 6.85. The van der Waals surface area contributed by atoms with Gasteiger partial charge in [0.25, 0.3) is 0 Å². The minimum absolute atomic E-state index is 0.443. The van der Waals surface area contributed by atoms with Crippen molar-refractivity contribution in [1.29, 1.82) is 0 Å². The average molecular weight is 240 g/mol. The molecule has 0 aromatic rings. The molecule has 0 atom stereocenters. The third kappa shape index (κ3) is 1.82. The van der Waals surface area contributed by atoms with Crippen molar-refractivity contribution in [3.63, 3.8) is 0 Å². The Bertz CT molecular complexity index is 84.6. The van der Waals surface area contributed by atoms with Gasteiger partial charge in [-0.1, -0.05) is 0 Å². The van der Waals surface area contributed by atoms with Gasteiger partial charge < -0.3 is 0 Å². The first-order valence-electron chi connectivity index (χ1n) is 3.79. The van der Waals surface area contributed by atoms with Gasteiger partial charge in [-0.2, -0.15) is 0 Å². The summed E-state index contributed by atoms with van der Waals surface area (Å²) in [7, 11) is 0. The van der Waals surface area contributed by atoms with Crippen molar-refractivity contribution in [1.82, 2.24) is 0 Å². The fourth-order valence-corrected chi connectivity index (χ4v) is 5.94. The van der Waals surface area contributed by atoms with E-state index in [1.54, 1.807) is 12.8 Å². The summed E-state index contributed by atoms with van der Waals surface area (Å²) in [5, 5.41) is 0. The summed E-state index contributed by atoms with van der Waals surface area (Å²) < 4.78 is 2.29. The van der Waals surface area contributed by atoms with E-state index < -0.39 is 19.8 Å². The second kappa shape index (κ2) is 3.22. The Morgan fingerprint density at radius 3 is 2.00 bits per heavy atom. The summed E-state index contributed by atoms with van der Waals surface area (Å²) in [6.45, 7) is 4.81. The second-order valence-corrected chi connectivity index (χ2v) is 10.6. The predicted molar refractivity (Wildman–Crippen MR) is 52.7 cm³/mol. The van der Waals surface area contributed by atoms with Crippen molar-refractivity contribution in [2.24, 2.45) is 0 Å². The van der Waals surface area contributed by atoms with Crippen LogP contribution in [0.2, 0.25) is 0 Å². The Morgan fingerprint density at radius 2 is 1.89 bits per heavy atom. The minimum atomic E-state index is -0.443. The quantitative estimate of drug-likeness (QED) is 0.514. The first-order chi connectivity index (χ1) is 4.22. The van der Waals surface area contributed by atoms with Crippen LogP contribution in [0.15, 0.2) is 0 Å². The zero-order valence-corrected chi connectivity index (χ0v) is 8.81. The van der Waals surface area contributed by atoms with Gasteiger partial charge in [-0.25, -0.2) is 0 Å². The van der Waals surface area contributed by atoms with Crippen molar-refractivity contribution in [3.05, 3.63) is 0 Å². The number of hydrogen-bond donors (Lipinski definition) is 0. The SMILES string of the molecule is CC(C)I(C)C1CCC1. The molecule has 0 heterocycles. The van der Waals surface area contributed by atoms with E-state index in [9.17, 15) is 0 Å². The van der Waals surface area contributed by atoms with Crippen LogP contribution in [0.1, 0.15) is 33.1 Å². The molecule has 0 N–H and O–H groups in total. The molecule has 0 bridgehead atoms. The number of hydrogen-bond acceptors (Lipinski definition) is 0. The van der Waals surface area contributed by atoms with Crippen LogP contribution in [0.3, 0.4) is 0 Å². The Balaban J connectivity index is 2.23. The first kappa shape index (κ1) is 7.83. The van der Waals surface area contributed by atoms with E-state index in [4.69, 9.17) is 0 Å². The molecule has 1 aliphatic rings. The molecule has 0 saturated heterocycles. The zero-order valence-electron chi connectivity index (χ0n) is 6.65. The van der Waals surface area contributed by atoms with Gasteiger partial charge in [0.1, 0.15) is 0 Å². The van der Waals surface area contributed by atoms with Gasteiger partial charge in [-0.3, -0.25) is 0 Å². The Kier molecular flexibility index (Phi) is 2.80. The number of rotatable bonds is 2. The molecule has 0 unspecified atom stereocenters. The number of alkyl halides is 3. The molecule has 0 radical (unpaired) electrons. The topological polar surface area (TPSA) is 0 Å². The van der Waals surface area contributed by atoms with Crippen LogP contribution in [0.25, 0.3) is 0 Å². The van der Waals surface area contributed by atoms with Gasteiger partial charge in [0.2, 0.25) is 0 Å². The van der Waals surface area contributed by atoms with Crippen molar-refractivity contribution in [2.75, 3.05) is 4.93 Å². The van der Waals surface area contributed by atoms with E-state index in [0.29, 0.717) is 0 Å². The van der Waals surface area contributed by atoms with Gasteiger partial charge in [0, 0.05) is 0 Å². The summed E-state index contributed by atoms with van der Waals surface area (Å²) in [6, 6.07) is 0. The molecule has 1 fully saturated rings. The molecule has 9 heavy (non-hydrogen) atoms. The van der Waals surface area contributed by atoms with E-state index in [0.717, 1.165) is 3.92 Å². The molecule has 0 spiro atoms. The van der Waals surface area contributed by atoms with Gasteiger partial charge in [-0.05, 0) is 0 Å². The van der Waals surface area contributed by atoms with Crippen LogP contribution in [0.5, 0.6) is 0 Å². The van der Waals surface area contributed by atoms with E-state index in [-0.39, 0.29) is 0 Å². The Morgan fingerprint density at radius 1 is 1.33 bits per heavy atom. The standard InChI is InChI=1S/C8H17I/c1-7(2)9(3)8-5-4-6-8/h7-8H,4-6H2,1-3H3. The molecule has 1 rings (SSSR count). The van der Waals surface area contributed by atoms with E-state index in [1.807, 2.05) is 0 Å². The van der Waals surface area contributed by atoms with Crippen LogP contribution in [-0.2, 0) is 0 Å². The van der Waals surface area contributed by atoms with E-state index in [1.165, 1.54) is 10.3 Å². The molecule has 56 valence electrons. The summed E-state index contributed by atoms with van der Waals surface area (Å²) in [5.74, 6) is 0. The summed E-state index contributed by atoms with van der Waals surface area (Å²) in [6.07, 6.45) is 4.66. The van der Waals surface area contributed by atoms with Crippen LogP contribution < -0.4 is 0 Å². The second-order valence-electron chi connectivity index (χ2n) is 3.10. The van der Waals surface area contributed by atoms with Crippen LogP contribution in [-0.4, -0.2) is 12.8 Å². The van der Waals surface area contributed by atoms with Crippen molar-refractivity contribution in [3.8, 4) is 0 Å². The van der Waals surface area contributed by atoms with E-state index in [2.05, 4.69) is 18.8 Å². The first-order valence-corrected chi connectivity index (χ1v) is 8.43. The molecule has 1 heteroatoms. The van der Waals surface area contributed by atoms with Gasteiger partial charge in [0.05, 0.1) is 0 Å². The van der Waals surface area contributed by atoms with Crippen LogP contribution in [0.4, 0.5) is 0 Å². The molecule has 0 amide bonds. The number of halogens is 1.